The maximum atomic E-state index is 3.63. The molecule has 0 radical (unpaired) electrons. The molecule has 2 unspecified atom stereocenters. The van der Waals surface area contributed by atoms with Gasteiger partial charge < -0.3 is 10.2 Å². The summed E-state index contributed by atoms with van der Waals surface area (Å²) in [5, 5.41) is 3.63. The Bertz CT molecular complexity index is 396. The third-order valence-corrected chi connectivity index (χ3v) is 4.44. The quantitative estimate of drug-likeness (QED) is 0.856. The summed E-state index contributed by atoms with van der Waals surface area (Å²) in [5.74, 6) is 1.88. The highest BCUT2D eigenvalue weighted by atomic mass is 15.1. The molecule has 18 heavy (non-hydrogen) atoms. The Hall–Kier alpha value is -1.02. The molecule has 0 spiro atoms. The number of anilines is 1. The minimum Gasteiger partial charge on any atom is -0.371 e. The molecule has 2 aliphatic rings. The van der Waals surface area contributed by atoms with Gasteiger partial charge in [0.2, 0.25) is 0 Å². The van der Waals surface area contributed by atoms with Crippen LogP contribution in [0.5, 0.6) is 0 Å². The predicted octanol–water partition coefficient (Wildman–Crippen LogP) is 3.03. The Balaban J connectivity index is 1.59. The normalized spacial score (nSPS) is 26.6. The van der Waals surface area contributed by atoms with Gasteiger partial charge in [-0.25, -0.2) is 0 Å². The largest absolute Gasteiger partial charge is 0.371 e. The molecular weight excluding hydrogens is 220 g/mol. The Labute approximate surface area is 110 Å². The van der Waals surface area contributed by atoms with Gasteiger partial charge in [0.1, 0.15) is 0 Å². The van der Waals surface area contributed by atoms with Crippen LogP contribution in [0.4, 0.5) is 5.69 Å². The van der Waals surface area contributed by atoms with Crippen LogP contribution in [0.25, 0.3) is 0 Å². The van der Waals surface area contributed by atoms with E-state index in [4.69, 9.17) is 0 Å². The number of benzene rings is 1. The predicted molar refractivity (Wildman–Crippen MR) is 76.9 cm³/mol. The molecule has 1 saturated heterocycles. The lowest BCUT2D eigenvalue weighted by atomic mass is 10.1. The number of nitrogens with one attached hydrogen (secondary N) is 1. The lowest BCUT2D eigenvalue weighted by Crippen LogP contribution is -2.22. The van der Waals surface area contributed by atoms with E-state index in [-0.39, 0.29) is 0 Å². The first-order valence-corrected chi connectivity index (χ1v) is 7.38. The summed E-state index contributed by atoms with van der Waals surface area (Å²) in [6.07, 6.45) is 4.11. The van der Waals surface area contributed by atoms with Crippen molar-refractivity contribution in [1.82, 2.24) is 5.32 Å². The van der Waals surface area contributed by atoms with Crippen LogP contribution < -0.4 is 10.2 Å². The van der Waals surface area contributed by atoms with Crippen LogP contribution in [0, 0.1) is 11.8 Å². The van der Waals surface area contributed by atoms with Gasteiger partial charge >= 0.3 is 0 Å². The van der Waals surface area contributed by atoms with Gasteiger partial charge in [0.05, 0.1) is 0 Å². The molecule has 1 N–H and O–H groups in total. The minimum atomic E-state index is 0.934. The second-order valence-corrected chi connectivity index (χ2v) is 5.93. The Morgan fingerprint density at radius 2 is 1.94 bits per heavy atom. The van der Waals surface area contributed by atoms with Gasteiger partial charge in [-0.1, -0.05) is 25.1 Å². The van der Waals surface area contributed by atoms with Crippen molar-refractivity contribution in [1.29, 1.82) is 0 Å². The standard InChI is InChI=1S/C16H24N2/c1-13-10-15(13)12-17-11-14-6-2-3-7-16(14)18-8-4-5-9-18/h2-3,6-7,13,15,17H,4-5,8-12H2,1H3. The second-order valence-electron chi connectivity index (χ2n) is 5.93. The van der Waals surface area contributed by atoms with Crippen molar-refractivity contribution >= 4 is 5.69 Å². The van der Waals surface area contributed by atoms with E-state index in [2.05, 4.69) is 41.4 Å². The topological polar surface area (TPSA) is 15.3 Å². The lowest BCUT2D eigenvalue weighted by molar-refractivity contribution is 0.611. The van der Waals surface area contributed by atoms with Gasteiger partial charge in [-0.2, -0.15) is 0 Å². The van der Waals surface area contributed by atoms with E-state index in [0.29, 0.717) is 0 Å². The molecule has 1 aromatic rings. The molecule has 2 fully saturated rings. The summed E-state index contributed by atoms with van der Waals surface area (Å²) < 4.78 is 0. The zero-order valence-corrected chi connectivity index (χ0v) is 11.4. The molecule has 1 aliphatic carbocycles. The molecule has 2 heteroatoms. The van der Waals surface area contributed by atoms with Gasteiger partial charge in [0, 0.05) is 25.3 Å². The van der Waals surface area contributed by atoms with Gasteiger partial charge in [-0.05, 0) is 49.3 Å². The molecule has 1 saturated carbocycles. The number of hydrogen-bond acceptors (Lipinski definition) is 2. The van der Waals surface area contributed by atoms with E-state index in [1.807, 2.05) is 0 Å². The second kappa shape index (κ2) is 5.31. The number of hydrogen-bond donors (Lipinski definition) is 1. The van der Waals surface area contributed by atoms with Crippen LogP contribution in [-0.2, 0) is 6.54 Å². The molecule has 2 atom stereocenters. The average Bonchev–Trinajstić information content (AvgIpc) is 2.90. The van der Waals surface area contributed by atoms with Gasteiger partial charge in [0.15, 0.2) is 0 Å². The summed E-state index contributed by atoms with van der Waals surface area (Å²) >= 11 is 0. The van der Waals surface area contributed by atoms with E-state index < -0.39 is 0 Å². The van der Waals surface area contributed by atoms with Crippen molar-refractivity contribution in [2.75, 3.05) is 24.5 Å². The maximum Gasteiger partial charge on any atom is 0.0411 e. The molecular formula is C16H24N2. The fourth-order valence-corrected chi connectivity index (χ4v) is 3.00. The highest BCUT2D eigenvalue weighted by Crippen LogP contribution is 2.36. The highest BCUT2D eigenvalue weighted by Gasteiger charge is 2.31. The summed E-state index contributed by atoms with van der Waals surface area (Å²) in [6.45, 7) is 7.03. The summed E-state index contributed by atoms with van der Waals surface area (Å²) in [6, 6.07) is 8.88. The minimum absolute atomic E-state index is 0.934. The molecule has 0 amide bonds. The van der Waals surface area contributed by atoms with Gasteiger partial charge in [-0.3, -0.25) is 0 Å². The van der Waals surface area contributed by atoms with Crippen molar-refractivity contribution in [3.63, 3.8) is 0 Å². The average molecular weight is 244 g/mol. The van der Waals surface area contributed by atoms with Crippen molar-refractivity contribution in [2.45, 2.75) is 32.7 Å². The van der Waals surface area contributed by atoms with Crippen LogP contribution in [0.1, 0.15) is 31.7 Å². The molecule has 1 heterocycles. The first-order chi connectivity index (χ1) is 8.84. The van der Waals surface area contributed by atoms with Crippen molar-refractivity contribution in [2.24, 2.45) is 11.8 Å². The van der Waals surface area contributed by atoms with E-state index in [1.54, 1.807) is 0 Å². The van der Waals surface area contributed by atoms with Crippen molar-refractivity contribution < 1.29 is 0 Å². The van der Waals surface area contributed by atoms with Crippen molar-refractivity contribution in [3.05, 3.63) is 29.8 Å². The Morgan fingerprint density at radius 3 is 2.67 bits per heavy atom. The van der Waals surface area contributed by atoms with Gasteiger partial charge in [-0.15, -0.1) is 0 Å². The van der Waals surface area contributed by atoms with Crippen LogP contribution in [-0.4, -0.2) is 19.6 Å². The molecule has 2 nitrogen and oxygen atoms in total. The molecule has 1 aliphatic heterocycles. The third kappa shape index (κ3) is 2.69. The molecule has 1 aromatic carbocycles. The van der Waals surface area contributed by atoms with E-state index >= 15 is 0 Å². The van der Waals surface area contributed by atoms with Crippen LogP contribution in [0.2, 0.25) is 0 Å². The first-order valence-electron chi connectivity index (χ1n) is 7.38. The van der Waals surface area contributed by atoms with Crippen LogP contribution >= 0.6 is 0 Å². The highest BCUT2D eigenvalue weighted by molar-refractivity contribution is 5.54. The molecule has 3 rings (SSSR count). The molecule has 98 valence electrons. The van der Waals surface area contributed by atoms with E-state index in [1.165, 1.54) is 50.1 Å². The fourth-order valence-electron chi connectivity index (χ4n) is 3.00. The summed E-state index contributed by atoms with van der Waals surface area (Å²) in [7, 11) is 0. The summed E-state index contributed by atoms with van der Waals surface area (Å²) in [4.78, 5) is 2.54. The zero-order chi connectivity index (χ0) is 12.4. The van der Waals surface area contributed by atoms with E-state index in [9.17, 15) is 0 Å². The van der Waals surface area contributed by atoms with E-state index in [0.717, 1.165) is 18.4 Å². The Morgan fingerprint density at radius 1 is 1.22 bits per heavy atom. The van der Waals surface area contributed by atoms with Gasteiger partial charge in [0.25, 0.3) is 0 Å². The van der Waals surface area contributed by atoms with Crippen molar-refractivity contribution in [3.8, 4) is 0 Å². The maximum absolute atomic E-state index is 3.63. The third-order valence-electron chi connectivity index (χ3n) is 4.44. The summed E-state index contributed by atoms with van der Waals surface area (Å²) in [5.41, 5.74) is 2.92. The monoisotopic (exact) mass is 244 g/mol. The number of nitrogens with zero attached hydrogens (tertiary/aromatic N) is 1. The number of rotatable bonds is 5. The fraction of sp³-hybridized carbons (Fsp3) is 0.625. The number of para-hydroxylation sites is 1. The molecule has 0 bridgehead atoms. The smallest absolute Gasteiger partial charge is 0.0411 e. The Kier molecular flexibility index (Phi) is 3.55. The zero-order valence-electron chi connectivity index (χ0n) is 11.4. The lowest BCUT2D eigenvalue weighted by Gasteiger charge is -2.21. The van der Waals surface area contributed by atoms with Crippen LogP contribution in [0.3, 0.4) is 0 Å². The molecule has 0 aromatic heterocycles. The van der Waals surface area contributed by atoms with Crippen LogP contribution in [0.15, 0.2) is 24.3 Å². The first kappa shape index (κ1) is 12.0. The SMILES string of the molecule is CC1CC1CNCc1ccccc1N1CCCC1.